The van der Waals surface area contributed by atoms with E-state index in [-0.39, 0.29) is 0 Å². The van der Waals surface area contributed by atoms with Crippen molar-refractivity contribution < 1.29 is 0 Å². The van der Waals surface area contributed by atoms with Crippen LogP contribution in [0, 0.1) is 13.8 Å². The minimum Gasteiger partial charge on any atom is -0.347 e. The minimum absolute atomic E-state index is 0.838. The number of hydrogen-bond acceptors (Lipinski definition) is 1. The van der Waals surface area contributed by atoms with Crippen LogP contribution in [-0.2, 0) is 6.54 Å². The molecule has 0 atom stereocenters. The number of hydrogen-bond donors (Lipinski definition) is 1. The molecule has 0 aliphatic heterocycles. The van der Waals surface area contributed by atoms with Crippen LogP contribution < -0.4 is 0 Å². The van der Waals surface area contributed by atoms with Crippen molar-refractivity contribution in [1.29, 1.82) is 0 Å². The normalized spacial score (nSPS) is 11.1. The molecule has 0 radical (unpaired) electrons. The zero-order valence-corrected chi connectivity index (χ0v) is 11.3. The van der Waals surface area contributed by atoms with E-state index in [1.807, 2.05) is 18.3 Å². The number of pyridine rings is 1. The third kappa shape index (κ3) is 1.87. The fourth-order valence-corrected chi connectivity index (χ4v) is 2.46. The molecule has 0 aromatic carbocycles. The second kappa shape index (κ2) is 4.43. The number of nitrogens with one attached hydrogen (secondary N) is 1. The Balaban J connectivity index is 2.15. The maximum Gasteiger partial charge on any atom is 0.137 e. The Morgan fingerprint density at radius 3 is 3.00 bits per heavy atom. The largest absolute Gasteiger partial charge is 0.347 e. The van der Waals surface area contributed by atoms with Crippen LogP contribution in [0.4, 0.5) is 0 Å². The van der Waals surface area contributed by atoms with Crippen LogP contribution in [0.3, 0.4) is 0 Å². The highest BCUT2D eigenvalue weighted by Crippen LogP contribution is 2.29. The molecule has 19 heavy (non-hydrogen) atoms. The average molecular weight is 251 g/mol. The Bertz CT molecular complexity index is 714. The number of aromatic nitrogens is 3. The van der Waals surface area contributed by atoms with Gasteiger partial charge in [-0.1, -0.05) is 6.08 Å². The Labute approximate surface area is 112 Å². The molecular weight excluding hydrogens is 234 g/mol. The van der Waals surface area contributed by atoms with E-state index in [1.54, 1.807) is 0 Å². The third-order valence-corrected chi connectivity index (χ3v) is 3.67. The van der Waals surface area contributed by atoms with E-state index >= 15 is 0 Å². The summed E-state index contributed by atoms with van der Waals surface area (Å²) < 4.78 is 2.22. The van der Waals surface area contributed by atoms with Crippen molar-refractivity contribution >= 4 is 11.0 Å². The summed E-state index contributed by atoms with van der Waals surface area (Å²) in [4.78, 5) is 7.73. The Kier molecular flexibility index (Phi) is 2.75. The van der Waals surface area contributed by atoms with Crippen molar-refractivity contribution in [3.05, 3.63) is 54.5 Å². The van der Waals surface area contributed by atoms with Crippen LogP contribution in [0.1, 0.15) is 11.3 Å². The van der Waals surface area contributed by atoms with Gasteiger partial charge in [0, 0.05) is 41.3 Å². The average Bonchev–Trinajstić information content (AvgIpc) is 2.95. The number of rotatable bonds is 3. The molecule has 96 valence electrons. The van der Waals surface area contributed by atoms with Gasteiger partial charge >= 0.3 is 0 Å². The molecule has 3 aromatic heterocycles. The van der Waals surface area contributed by atoms with Crippen molar-refractivity contribution in [1.82, 2.24) is 14.5 Å². The lowest BCUT2D eigenvalue weighted by molar-refractivity contribution is 0.795. The van der Waals surface area contributed by atoms with Gasteiger partial charge in [0.1, 0.15) is 5.65 Å². The first-order valence-electron chi connectivity index (χ1n) is 6.42. The first-order valence-corrected chi connectivity index (χ1v) is 6.42. The van der Waals surface area contributed by atoms with Crippen molar-refractivity contribution in [2.45, 2.75) is 20.4 Å². The summed E-state index contributed by atoms with van der Waals surface area (Å²) >= 11 is 0. The highest BCUT2D eigenvalue weighted by molar-refractivity contribution is 5.83. The fraction of sp³-hybridized carbons (Fsp3) is 0.188. The molecule has 0 fully saturated rings. The molecule has 0 bridgehead atoms. The minimum atomic E-state index is 0.838. The third-order valence-electron chi connectivity index (χ3n) is 3.67. The van der Waals surface area contributed by atoms with Gasteiger partial charge in [0.2, 0.25) is 0 Å². The van der Waals surface area contributed by atoms with Gasteiger partial charge in [0.15, 0.2) is 0 Å². The lowest BCUT2D eigenvalue weighted by Crippen LogP contribution is -1.95. The standard InChI is InChI=1S/C16H17N3/c1-4-8-19-10-14(11(2)12(19)3)15-9-13-6-5-7-17-16(13)18-15/h4-7,9-10H,1,8H2,2-3H3,(H,17,18). The summed E-state index contributed by atoms with van der Waals surface area (Å²) in [6, 6.07) is 6.19. The number of allylic oxidation sites excluding steroid dienone is 1. The maximum atomic E-state index is 4.34. The monoisotopic (exact) mass is 251 g/mol. The predicted molar refractivity (Wildman–Crippen MR) is 79.2 cm³/mol. The van der Waals surface area contributed by atoms with Gasteiger partial charge in [0.05, 0.1) is 0 Å². The summed E-state index contributed by atoms with van der Waals surface area (Å²) in [5, 5.41) is 1.14. The van der Waals surface area contributed by atoms with E-state index < -0.39 is 0 Å². The second-order valence-corrected chi connectivity index (χ2v) is 4.82. The topological polar surface area (TPSA) is 33.6 Å². The molecule has 0 unspecified atom stereocenters. The Morgan fingerprint density at radius 1 is 1.42 bits per heavy atom. The Morgan fingerprint density at radius 2 is 2.26 bits per heavy atom. The highest BCUT2D eigenvalue weighted by Gasteiger charge is 2.12. The molecule has 0 saturated heterocycles. The molecule has 0 saturated carbocycles. The van der Waals surface area contributed by atoms with Crippen molar-refractivity contribution in [3.8, 4) is 11.3 Å². The van der Waals surface area contributed by atoms with Gasteiger partial charge in [0.25, 0.3) is 0 Å². The number of H-pyrrole nitrogens is 1. The molecule has 0 amide bonds. The summed E-state index contributed by atoms with van der Waals surface area (Å²) in [5.41, 5.74) is 5.87. The molecule has 3 nitrogen and oxygen atoms in total. The quantitative estimate of drug-likeness (QED) is 0.705. The van der Waals surface area contributed by atoms with E-state index in [2.05, 4.69) is 53.3 Å². The van der Waals surface area contributed by atoms with Gasteiger partial charge in [-0.3, -0.25) is 0 Å². The lowest BCUT2D eigenvalue weighted by atomic mass is 10.1. The maximum absolute atomic E-state index is 4.34. The van der Waals surface area contributed by atoms with E-state index in [0.717, 1.165) is 23.3 Å². The van der Waals surface area contributed by atoms with Crippen molar-refractivity contribution in [2.24, 2.45) is 0 Å². The van der Waals surface area contributed by atoms with Gasteiger partial charge in [-0.2, -0.15) is 0 Å². The zero-order chi connectivity index (χ0) is 13.4. The van der Waals surface area contributed by atoms with E-state index in [1.165, 1.54) is 16.8 Å². The SMILES string of the molecule is C=CCn1cc(-c2cc3cccnc3[nH]2)c(C)c1C. The molecular formula is C16H17N3. The van der Waals surface area contributed by atoms with Crippen LogP contribution in [0.2, 0.25) is 0 Å². The molecule has 0 aliphatic carbocycles. The first-order chi connectivity index (χ1) is 9.20. The van der Waals surface area contributed by atoms with Crippen LogP contribution >= 0.6 is 0 Å². The fourth-order valence-electron chi connectivity index (χ4n) is 2.46. The van der Waals surface area contributed by atoms with Gasteiger partial charge in [-0.05, 0) is 37.6 Å². The van der Waals surface area contributed by atoms with Gasteiger partial charge in [-0.25, -0.2) is 4.98 Å². The van der Waals surface area contributed by atoms with Crippen molar-refractivity contribution in [3.63, 3.8) is 0 Å². The van der Waals surface area contributed by atoms with Crippen LogP contribution in [0.25, 0.3) is 22.3 Å². The highest BCUT2D eigenvalue weighted by atomic mass is 15.0. The first kappa shape index (κ1) is 11.8. The smallest absolute Gasteiger partial charge is 0.137 e. The molecule has 1 N–H and O–H groups in total. The molecule has 0 spiro atoms. The van der Waals surface area contributed by atoms with E-state index in [9.17, 15) is 0 Å². The van der Waals surface area contributed by atoms with Crippen LogP contribution in [-0.4, -0.2) is 14.5 Å². The van der Waals surface area contributed by atoms with Crippen LogP contribution in [0.5, 0.6) is 0 Å². The molecule has 3 rings (SSSR count). The summed E-state index contributed by atoms with van der Waals surface area (Å²) in [7, 11) is 0. The summed E-state index contributed by atoms with van der Waals surface area (Å²) in [6.45, 7) is 8.94. The lowest BCUT2D eigenvalue weighted by Gasteiger charge is -2.00. The van der Waals surface area contributed by atoms with Crippen LogP contribution in [0.15, 0.2) is 43.2 Å². The Hall–Kier alpha value is -2.29. The second-order valence-electron chi connectivity index (χ2n) is 4.82. The van der Waals surface area contributed by atoms with E-state index in [4.69, 9.17) is 0 Å². The molecule has 0 aliphatic rings. The summed E-state index contributed by atoms with van der Waals surface area (Å²) in [6.07, 6.45) is 5.91. The number of aromatic amines is 1. The predicted octanol–water partition coefficient (Wildman–Crippen LogP) is 3.83. The van der Waals surface area contributed by atoms with E-state index in [0.29, 0.717) is 0 Å². The molecule has 3 heterocycles. The van der Waals surface area contributed by atoms with Crippen molar-refractivity contribution in [2.75, 3.05) is 0 Å². The zero-order valence-electron chi connectivity index (χ0n) is 11.3. The van der Waals surface area contributed by atoms with Gasteiger partial charge in [-0.15, -0.1) is 6.58 Å². The molecule has 3 aromatic rings. The number of nitrogens with zero attached hydrogens (tertiary/aromatic N) is 2. The summed E-state index contributed by atoms with van der Waals surface area (Å²) in [5.74, 6) is 0. The molecule has 3 heteroatoms. The van der Waals surface area contributed by atoms with Gasteiger partial charge < -0.3 is 9.55 Å². The number of fused-ring (bicyclic) bond motifs is 1.